The van der Waals surface area contributed by atoms with Crippen LogP contribution in [0.15, 0.2) is 20.1 Å². The van der Waals surface area contributed by atoms with E-state index in [1.807, 2.05) is 0 Å². The third kappa shape index (κ3) is 3.80. The van der Waals surface area contributed by atoms with Gasteiger partial charge in [-0.1, -0.05) is 23.1 Å². The summed E-state index contributed by atoms with van der Waals surface area (Å²) in [6, 6.07) is -2.99. The van der Waals surface area contributed by atoms with E-state index in [0.717, 1.165) is 39.3 Å². The normalized spacial score (nSPS) is 21.0. The molecule has 13 nitrogen and oxygen atoms in total. The fraction of sp³-hybridized carbons (Fsp3) is 0.375. The van der Waals surface area contributed by atoms with Crippen LogP contribution < -0.4 is 16.8 Å². The fourth-order valence-corrected chi connectivity index (χ4v) is 6.21. The van der Waals surface area contributed by atoms with E-state index in [0.29, 0.717) is 27.0 Å². The van der Waals surface area contributed by atoms with Crippen LogP contribution in [0.2, 0.25) is 0 Å². The number of thioether (sulfide) groups is 1. The van der Waals surface area contributed by atoms with E-state index in [1.54, 1.807) is 6.92 Å². The van der Waals surface area contributed by atoms with E-state index in [9.17, 15) is 24.4 Å². The lowest BCUT2D eigenvalue weighted by atomic mass is 9.86. The van der Waals surface area contributed by atoms with Crippen molar-refractivity contribution >= 4 is 62.5 Å². The molecular formula is C16H16N8O5S3. The molecule has 2 aromatic rings. The van der Waals surface area contributed by atoms with Gasteiger partial charge in [0.1, 0.15) is 11.7 Å². The van der Waals surface area contributed by atoms with E-state index in [2.05, 4.69) is 25.7 Å². The molecule has 168 valence electrons. The van der Waals surface area contributed by atoms with E-state index in [-0.39, 0.29) is 21.7 Å². The van der Waals surface area contributed by atoms with Crippen LogP contribution in [0.3, 0.4) is 0 Å². The van der Waals surface area contributed by atoms with Gasteiger partial charge in [0.25, 0.3) is 11.8 Å². The van der Waals surface area contributed by atoms with Crippen LogP contribution in [0.25, 0.3) is 0 Å². The van der Waals surface area contributed by atoms with Crippen LogP contribution in [-0.2, 0) is 14.4 Å². The van der Waals surface area contributed by atoms with Crippen molar-refractivity contribution in [2.75, 3.05) is 11.5 Å². The number of thiazole rings is 1. The number of nitrogens with two attached hydrogens (primary N) is 2. The zero-order chi connectivity index (χ0) is 23.2. The number of nitrogens with one attached hydrogen (secondary N) is 1. The molecule has 4 heterocycles. The molecule has 1 saturated heterocycles. The van der Waals surface area contributed by atoms with Crippen molar-refractivity contribution in [2.45, 2.75) is 42.2 Å². The monoisotopic (exact) mass is 496 g/mol. The number of fused-ring (bicyclic) bond motifs is 1. The Hall–Kier alpha value is -3.11. The summed E-state index contributed by atoms with van der Waals surface area (Å²) in [7, 11) is 0. The van der Waals surface area contributed by atoms with Crippen molar-refractivity contribution in [3.05, 3.63) is 26.1 Å². The third-order valence-electron chi connectivity index (χ3n) is 4.99. The van der Waals surface area contributed by atoms with Crippen molar-refractivity contribution < 1.29 is 19.5 Å². The first-order valence-corrected chi connectivity index (χ1v) is 11.6. The van der Waals surface area contributed by atoms with Crippen LogP contribution in [0, 0.1) is 11.8 Å². The quantitative estimate of drug-likeness (QED) is 0.312. The molecule has 2 aliphatic heterocycles. The van der Waals surface area contributed by atoms with E-state index in [1.165, 1.54) is 0 Å². The molecule has 16 heteroatoms. The molecule has 0 aromatic carbocycles. The summed E-state index contributed by atoms with van der Waals surface area (Å²) >= 11 is 3.32. The topological polar surface area (TPSA) is 207 Å². The summed E-state index contributed by atoms with van der Waals surface area (Å²) in [6.07, 6.45) is 0.760. The minimum absolute atomic E-state index is 0.133. The fourth-order valence-electron chi connectivity index (χ4n) is 3.63. The number of nitrogens with zero attached hydrogens (tertiary/aromatic N) is 5. The molecule has 0 aliphatic carbocycles. The number of β-lactam (4-membered cyclic amide) rings is 1. The molecule has 1 fully saturated rings. The zero-order valence-corrected chi connectivity index (χ0v) is 18.8. The molecule has 2 aliphatic rings. The highest BCUT2D eigenvalue weighted by atomic mass is 32.2. The number of carboxylic acid groups (broad SMARTS) is 1. The first kappa shape index (κ1) is 22.1. The molecule has 6 N–H and O–H groups in total. The average molecular weight is 497 g/mol. The maximum absolute atomic E-state index is 12.8. The highest BCUT2D eigenvalue weighted by Gasteiger charge is 2.54. The lowest BCUT2D eigenvalue weighted by Gasteiger charge is -2.50. The van der Waals surface area contributed by atoms with E-state index < -0.39 is 35.9 Å². The predicted octanol–water partition coefficient (Wildman–Crippen LogP) is 0.853. The molecule has 2 aromatic heterocycles. The Morgan fingerprint density at radius 2 is 2.06 bits per heavy atom. The van der Waals surface area contributed by atoms with Gasteiger partial charge in [0.05, 0.1) is 11.7 Å². The van der Waals surface area contributed by atoms with Gasteiger partial charge in [0.2, 0.25) is 11.2 Å². The number of hydrogen-bond acceptors (Lipinski definition) is 13. The van der Waals surface area contributed by atoms with Crippen molar-refractivity contribution in [1.29, 1.82) is 0 Å². The largest absolute Gasteiger partial charge is 0.477 e. The van der Waals surface area contributed by atoms with Crippen LogP contribution in [0.5, 0.6) is 0 Å². The van der Waals surface area contributed by atoms with Crippen molar-refractivity contribution in [3.63, 3.8) is 0 Å². The maximum Gasteiger partial charge on any atom is 0.353 e. The highest BCUT2D eigenvalue weighted by Crippen LogP contribution is 2.44. The molecule has 32 heavy (non-hydrogen) atoms. The van der Waals surface area contributed by atoms with Gasteiger partial charge in [-0.25, -0.2) is 9.78 Å². The van der Waals surface area contributed by atoms with Gasteiger partial charge in [-0.3, -0.25) is 14.5 Å². The molecular weight excluding hydrogens is 480 g/mol. The molecule has 0 saturated carbocycles. The van der Waals surface area contributed by atoms with Gasteiger partial charge < -0.3 is 21.9 Å². The van der Waals surface area contributed by atoms with Crippen LogP contribution in [0.4, 0.5) is 10.3 Å². The van der Waals surface area contributed by atoms with Gasteiger partial charge in [-0.05, 0) is 24.9 Å². The second-order valence-electron chi connectivity index (χ2n) is 6.89. The first-order chi connectivity index (χ1) is 15.2. The van der Waals surface area contributed by atoms with E-state index in [4.69, 9.17) is 11.5 Å². The Balaban J connectivity index is 1.52. The summed E-state index contributed by atoms with van der Waals surface area (Å²) in [5.74, 6) is -2.65. The number of carbonyl (C=O) groups is 3. The zero-order valence-electron chi connectivity index (χ0n) is 16.3. The molecule has 0 radical (unpaired) electrons. The summed E-state index contributed by atoms with van der Waals surface area (Å²) in [6.45, 7) is 1.65. The Kier molecular flexibility index (Phi) is 5.83. The number of carbonyl (C=O) groups excluding carboxylic acids is 2. The number of rotatable bonds is 7. The molecule has 0 spiro atoms. The van der Waals surface area contributed by atoms with Gasteiger partial charge >= 0.3 is 5.97 Å². The maximum atomic E-state index is 12.8. The Bertz CT molecular complexity index is 1160. The summed E-state index contributed by atoms with van der Waals surface area (Å²) in [5, 5.41) is 23.1. The number of aryl methyl sites for hydroxylation is 1. The number of hydrogen-bond donors (Lipinski definition) is 4. The SMILES string of the molecule is Cc1sc(N)nc1C(N=O)C(=O)N[C@H]1C(=O)N2C(C(=O)O)=C(Sc3nnc(N)s3)CCC12. The Morgan fingerprint density at radius 3 is 2.62 bits per heavy atom. The summed E-state index contributed by atoms with van der Waals surface area (Å²) < 4.78 is 0.463. The predicted molar refractivity (Wildman–Crippen MR) is 116 cm³/mol. The van der Waals surface area contributed by atoms with Gasteiger partial charge in [-0.15, -0.1) is 26.4 Å². The number of nitrogen functional groups attached to an aromatic ring is 2. The van der Waals surface area contributed by atoms with Crippen molar-refractivity contribution in [3.8, 4) is 0 Å². The van der Waals surface area contributed by atoms with Gasteiger partial charge in [-0.2, -0.15) is 0 Å². The van der Waals surface area contributed by atoms with Crippen LogP contribution in [-0.4, -0.2) is 55.1 Å². The lowest BCUT2D eigenvalue weighted by molar-refractivity contribution is -0.156. The molecule has 2 unspecified atom stereocenters. The van der Waals surface area contributed by atoms with Crippen LogP contribution >= 0.6 is 34.4 Å². The van der Waals surface area contributed by atoms with Crippen molar-refractivity contribution in [1.82, 2.24) is 25.4 Å². The molecule has 2 amide bonds. The number of amides is 2. The smallest absolute Gasteiger partial charge is 0.353 e. The van der Waals surface area contributed by atoms with Gasteiger partial charge in [0, 0.05) is 9.78 Å². The summed E-state index contributed by atoms with van der Waals surface area (Å²) in [4.78, 5) is 54.9. The second-order valence-corrected chi connectivity index (χ2v) is 10.5. The minimum atomic E-state index is -1.46. The number of aliphatic carboxylic acids is 1. The number of nitroso groups, excluding NO2 is 1. The molecule has 0 bridgehead atoms. The minimum Gasteiger partial charge on any atom is -0.477 e. The van der Waals surface area contributed by atoms with Crippen molar-refractivity contribution in [2.24, 2.45) is 5.18 Å². The number of anilines is 2. The molecule has 4 rings (SSSR count). The standard InChI is InChI=1S/C16H16N8O5S3/c1-4-7(20-14(17)30-4)9(23-29)11(25)19-8-5-2-3-6(31-16-22-21-15(18)32-16)10(13(27)28)24(5)12(8)26/h5,8-9H,2-3H2,1H3,(H2,17,20)(H2,18,21)(H,19,25)(H,27,28)/t5?,8-,9?/m1/s1. The number of aromatic nitrogens is 3. The Morgan fingerprint density at radius 1 is 1.31 bits per heavy atom. The van der Waals surface area contributed by atoms with Gasteiger partial charge in [0.15, 0.2) is 9.47 Å². The summed E-state index contributed by atoms with van der Waals surface area (Å²) in [5.41, 5.74) is 11.2. The Labute approximate surface area is 192 Å². The molecule has 3 atom stereocenters. The number of allylic oxidation sites excluding steroid dienone is 1. The van der Waals surface area contributed by atoms with Crippen LogP contribution in [0.1, 0.15) is 29.5 Å². The number of carboxylic acids is 1. The first-order valence-electron chi connectivity index (χ1n) is 9.13. The second kappa shape index (κ2) is 8.44. The highest BCUT2D eigenvalue weighted by molar-refractivity contribution is 8.04. The average Bonchev–Trinajstić information content (AvgIpc) is 3.30. The lowest BCUT2D eigenvalue weighted by Crippen LogP contribution is -2.71. The third-order valence-corrected chi connectivity index (χ3v) is 7.75. The van der Waals surface area contributed by atoms with E-state index >= 15 is 0 Å².